The van der Waals surface area contributed by atoms with Crippen molar-refractivity contribution < 1.29 is 0 Å². The van der Waals surface area contributed by atoms with Crippen molar-refractivity contribution >= 4 is 5.96 Å². The van der Waals surface area contributed by atoms with Gasteiger partial charge in [-0.2, -0.15) is 0 Å². The second kappa shape index (κ2) is 10.5. The maximum Gasteiger partial charge on any atom is 0.191 e. The van der Waals surface area contributed by atoms with Crippen LogP contribution in [-0.2, 0) is 0 Å². The van der Waals surface area contributed by atoms with Gasteiger partial charge in [-0.1, -0.05) is 36.8 Å². The van der Waals surface area contributed by atoms with E-state index in [0.29, 0.717) is 6.04 Å². The van der Waals surface area contributed by atoms with Gasteiger partial charge >= 0.3 is 0 Å². The van der Waals surface area contributed by atoms with Crippen molar-refractivity contribution in [3.63, 3.8) is 0 Å². The molecule has 2 fully saturated rings. The Bertz CT molecular complexity index is 533. The van der Waals surface area contributed by atoms with E-state index in [-0.39, 0.29) is 0 Å². The van der Waals surface area contributed by atoms with E-state index in [2.05, 4.69) is 55.8 Å². The van der Waals surface area contributed by atoms with Gasteiger partial charge in [0.1, 0.15) is 0 Å². The summed E-state index contributed by atoms with van der Waals surface area (Å²) in [6.07, 6.45) is 6.71. The summed E-state index contributed by atoms with van der Waals surface area (Å²) in [6, 6.07) is 11.3. The molecule has 0 radical (unpaired) electrons. The summed E-state index contributed by atoms with van der Waals surface area (Å²) >= 11 is 0. The van der Waals surface area contributed by atoms with Crippen LogP contribution in [0, 0.1) is 0 Å². The van der Waals surface area contributed by atoms with E-state index >= 15 is 0 Å². The summed E-state index contributed by atoms with van der Waals surface area (Å²) in [7, 11) is 1.86. The predicted molar refractivity (Wildman–Crippen MR) is 110 cm³/mol. The third-order valence-corrected chi connectivity index (χ3v) is 5.62. The van der Waals surface area contributed by atoms with Crippen molar-refractivity contribution in [1.29, 1.82) is 0 Å². The van der Waals surface area contributed by atoms with E-state index in [1.165, 1.54) is 63.8 Å². The van der Waals surface area contributed by atoms with Crippen molar-refractivity contribution in [2.24, 2.45) is 4.99 Å². The maximum atomic E-state index is 4.42. The smallest absolute Gasteiger partial charge is 0.191 e. The molecule has 2 heterocycles. The molecule has 0 saturated carbocycles. The van der Waals surface area contributed by atoms with Gasteiger partial charge in [-0.05, 0) is 57.4 Å². The predicted octanol–water partition coefficient (Wildman–Crippen LogP) is 2.47. The van der Waals surface area contributed by atoms with Crippen LogP contribution < -0.4 is 10.6 Å². The lowest BCUT2D eigenvalue weighted by Gasteiger charge is -2.29. The third kappa shape index (κ3) is 5.71. The van der Waals surface area contributed by atoms with E-state index in [0.717, 1.165) is 25.6 Å². The Kier molecular flexibility index (Phi) is 7.77. The molecular formula is C21H35N5. The van der Waals surface area contributed by atoms with E-state index in [9.17, 15) is 0 Å². The van der Waals surface area contributed by atoms with Crippen LogP contribution >= 0.6 is 0 Å². The summed E-state index contributed by atoms with van der Waals surface area (Å²) in [5, 5.41) is 7.05. The summed E-state index contributed by atoms with van der Waals surface area (Å²) < 4.78 is 0. The number of hydrogen-bond acceptors (Lipinski definition) is 3. The van der Waals surface area contributed by atoms with E-state index < -0.39 is 0 Å². The Hall–Kier alpha value is -1.59. The van der Waals surface area contributed by atoms with Gasteiger partial charge in [0.2, 0.25) is 0 Å². The van der Waals surface area contributed by atoms with Crippen LogP contribution in [0.3, 0.4) is 0 Å². The zero-order chi connectivity index (χ0) is 18.0. The summed E-state index contributed by atoms with van der Waals surface area (Å²) in [5.41, 5.74) is 1.39. The van der Waals surface area contributed by atoms with E-state index in [1.54, 1.807) is 0 Å². The minimum Gasteiger partial charge on any atom is -0.355 e. The number of nitrogens with one attached hydrogen (secondary N) is 2. The molecular weight excluding hydrogens is 322 g/mol. The minimum absolute atomic E-state index is 0.416. The quantitative estimate of drug-likeness (QED) is 0.581. The number of benzene rings is 1. The van der Waals surface area contributed by atoms with Crippen LogP contribution in [0.2, 0.25) is 0 Å². The number of nitrogens with zero attached hydrogens (tertiary/aromatic N) is 3. The average Bonchev–Trinajstić information content (AvgIpc) is 3.23. The molecule has 5 nitrogen and oxygen atoms in total. The first-order valence-electron chi connectivity index (χ1n) is 10.3. The second-order valence-electron chi connectivity index (χ2n) is 7.45. The Morgan fingerprint density at radius 3 is 2.35 bits per heavy atom. The lowest BCUT2D eigenvalue weighted by Crippen LogP contribution is -2.45. The molecule has 5 heteroatoms. The highest BCUT2D eigenvalue weighted by molar-refractivity contribution is 5.79. The number of piperidine rings is 1. The lowest BCUT2D eigenvalue weighted by molar-refractivity contribution is 0.231. The molecule has 2 N–H and O–H groups in total. The number of guanidine groups is 1. The first-order valence-corrected chi connectivity index (χ1v) is 10.3. The van der Waals surface area contributed by atoms with Crippen LogP contribution in [-0.4, -0.2) is 68.6 Å². The average molecular weight is 358 g/mol. The molecule has 26 heavy (non-hydrogen) atoms. The number of aliphatic imine (C=N–C) groups is 1. The largest absolute Gasteiger partial charge is 0.355 e. The molecule has 0 aliphatic carbocycles. The van der Waals surface area contributed by atoms with Crippen LogP contribution in [0.4, 0.5) is 0 Å². The third-order valence-electron chi connectivity index (χ3n) is 5.62. The molecule has 2 saturated heterocycles. The highest BCUT2D eigenvalue weighted by Crippen LogP contribution is 2.24. The van der Waals surface area contributed by atoms with Gasteiger partial charge in [0, 0.05) is 26.7 Å². The van der Waals surface area contributed by atoms with Crippen LogP contribution in [0.25, 0.3) is 0 Å². The molecule has 2 aliphatic heterocycles. The second-order valence-corrected chi connectivity index (χ2v) is 7.45. The molecule has 0 amide bonds. The van der Waals surface area contributed by atoms with Gasteiger partial charge in [0.15, 0.2) is 5.96 Å². The van der Waals surface area contributed by atoms with Gasteiger partial charge in [0.25, 0.3) is 0 Å². The molecule has 1 aromatic carbocycles. The fourth-order valence-corrected chi connectivity index (χ4v) is 4.12. The summed E-state index contributed by atoms with van der Waals surface area (Å²) in [4.78, 5) is 9.58. The van der Waals surface area contributed by atoms with Gasteiger partial charge in [0.05, 0.1) is 6.04 Å². The van der Waals surface area contributed by atoms with Gasteiger partial charge < -0.3 is 15.5 Å². The minimum atomic E-state index is 0.416. The lowest BCUT2D eigenvalue weighted by atomic mass is 10.1. The monoisotopic (exact) mass is 357 g/mol. The fraction of sp³-hybridized carbons (Fsp3) is 0.667. The SMILES string of the molecule is CN=C(NCCN1CCCCC1)NCC(c1ccccc1)N1CCCC1. The van der Waals surface area contributed by atoms with E-state index in [4.69, 9.17) is 0 Å². The van der Waals surface area contributed by atoms with Crippen molar-refractivity contribution in [3.8, 4) is 0 Å². The van der Waals surface area contributed by atoms with Crippen molar-refractivity contribution in [2.75, 3.05) is 52.9 Å². The Labute approximate surface area is 158 Å². The maximum absolute atomic E-state index is 4.42. The molecule has 1 aromatic rings. The van der Waals surface area contributed by atoms with Crippen molar-refractivity contribution in [1.82, 2.24) is 20.4 Å². The Morgan fingerprint density at radius 1 is 0.962 bits per heavy atom. The molecule has 3 rings (SSSR count). The van der Waals surface area contributed by atoms with Gasteiger partial charge in [-0.15, -0.1) is 0 Å². The summed E-state index contributed by atoms with van der Waals surface area (Å²) in [5.74, 6) is 0.919. The standard InChI is InChI=1S/C21H35N5/c1-22-21(23-12-17-25-13-6-3-7-14-25)24-18-20(26-15-8-9-16-26)19-10-4-2-5-11-19/h2,4-5,10-11,20H,3,6-9,12-18H2,1H3,(H2,22,23,24). The number of hydrogen-bond donors (Lipinski definition) is 2. The first-order chi connectivity index (χ1) is 12.9. The first kappa shape index (κ1) is 19.2. The van der Waals surface area contributed by atoms with Gasteiger partial charge in [-0.25, -0.2) is 0 Å². The zero-order valence-electron chi connectivity index (χ0n) is 16.3. The molecule has 0 spiro atoms. The van der Waals surface area contributed by atoms with Crippen LogP contribution in [0.5, 0.6) is 0 Å². The highest BCUT2D eigenvalue weighted by Gasteiger charge is 2.23. The van der Waals surface area contributed by atoms with Crippen molar-refractivity contribution in [3.05, 3.63) is 35.9 Å². The Balaban J connectivity index is 1.48. The molecule has 0 bridgehead atoms. The Morgan fingerprint density at radius 2 is 1.65 bits per heavy atom. The summed E-state index contributed by atoms with van der Waals surface area (Å²) in [6.45, 7) is 7.85. The van der Waals surface area contributed by atoms with Crippen molar-refractivity contribution in [2.45, 2.75) is 38.1 Å². The van der Waals surface area contributed by atoms with Crippen LogP contribution in [0.1, 0.15) is 43.7 Å². The molecule has 1 unspecified atom stereocenters. The number of likely N-dealkylation sites (tertiary alicyclic amines) is 2. The zero-order valence-corrected chi connectivity index (χ0v) is 16.3. The van der Waals surface area contributed by atoms with E-state index in [1.807, 2.05) is 7.05 Å². The van der Waals surface area contributed by atoms with Gasteiger partial charge in [-0.3, -0.25) is 9.89 Å². The molecule has 1 atom stereocenters. The number of rotatable bonds is 7. The molecule has 0 aromatic heterocycles. The fourth-order valence-electron chi connectivity index (χ4n) is 4.12. The molecule has 144 valence electrons. The topological polar surface area (TPSA) is 42.9 Å². The molecule has 2 aliphatic rings. The van der Waals surface area contributed by atoms with Crippen LogP contribution in [0.15, 0.2) is 35.3 Å². The normalized spacial score (nSPS) is 20.9. The highest BCUT2D eigenvalue weighted by atomic mass is 15.2.